The van der Waals surface area contributed by atoms with Gasteiger partial charge in [0.15, 0.2) is 0 Å². The largest absolute Gasteiger partial charge is 0.509 e. The zero-order chi connectivity index (χ0) is 58.1. The van der Waals surface area contributed by atoms with Gasteiger partial charge in [-0.15, -0.1) is 32.9 Å². The molecule has 0 atom stereocenters. The fraction of sp³-hybridized carbons (Fsp3) is 0.671. The number of hydrogen-bond donors (Lipinski definition) is 1. The van der Waals surface area contributed by atoms with Crippen molar-refractivity contribution in [1.82, 2.24) is 0 Å². The Labute approximate surface area is 479 Å². The van der Waals surface area contributed by atoms with Gasteiger partial charge in [-0.05, 0) is 156 Å². The molecule has 6 aliphatic carbocycles. The van der Waals surface area contributed by atoms with Gasteiger partial charge >= 0.3 is 0 Å². The molecule has 0 unspecified atom stereocenters. The van der Waals surface area contributed by atoms with Crippen molar-refractivity contribution in [2.75, 3.05) is 7.11 Å². The number of methoxy groups -OCH3 is 1. The molecule has 6 fully saturated rings. The highest BCUT2D eigenvalue weighted by Crippen LogP contribution is 2.38. The Morgan fingerprint density at radius 1 is 0.532 bits per heavy atom. The first kappa shape index (κ1) is 73.2. The van der Waals surface area contributed by atoms with Crippen molar-refractivity contribution in [2.24, 2.45) is 59.2 Å². The Balaban J connectivity index is 0.00000109. The lowest BCUT2D eigenvalue weighted by molar-refractivity contribution is 0.0569. The van der Waals surface area contributed by atoms with E-state index < -0.39 is 0 Å². The third-order valence-electron chi connectivity index (χ3n) is 17.2. The highest BCUT2D eigenvalue weighted by Gasteiger charge is 2.26. The zero-order valence-electron chi connectivity index (χ0n) is 52.5. The van der Waals surface area contributed by atoms with Gasteiger partial charge in [0, 0.05) is 24.5 Å². The van der Waals surface area contributed by atoms with E-state index in [9.17, 15) is 5.11 Å². The summed E-state index contributed by atoms with van der Waals surface area (Å²) in [6.07, 6.45) is 43.6. The van der Waals surface area contributed by atoms with Crippen molar-refractivity contribution < 1.29 is 19.3 Å². The van der Waals surface area contributed by atoms with Crippen LogP contribution in [0.3, 0.4) is 0 Å². The fourth-order valence-electron chi connectivity index (χ4n) is 11.6. The first-order valence-electron chi connectivity index (χ1n) is 31.4. The van der Waals surface area contributed by atoms with Gasteiger partial charge in [0.05, 0.1) is 11.9 Å². The number of allylic oxidation sites excluding steroid dienone is 7. The number of aliphatic hydroxyl groups excluding tert-OH is 1. The molecule has 4 nitrogen and oxygen atoms in total. The molecule has 77 heavy (non-hydrogen) atoms. The van der Waals surface area contributed by atoms with E-state index in [1.54, 1.807) is 13.2 Å². The van der Waals surface area contributed by atoms with Gasteiger partial charge in [-0.2, -0.15) is 0 Å². The predicted molar refractivity (Wildman–Crippen MR) is 344 cm³/mol. The fourth-order valence-corrected chi connectivity index (χ4v) is 11.6. The van der Waals surface area contributed by atoms with Crippen LogP contribution in [0.2, 0.25) is 0 Å². The predicted octanol–water partition coefficient (Wildman–Crippen LogP) is 23.8. The Kier molecular flexibility index (Phi) is 42.8. The van der Waals surface area contributed by atoms with Gasteiger partial charge < -0.3 is 19.3 Å². The molecule has 1 aromatic carbocycles. The summed E-state index contributed by atoms with van der Waals surface area (Å²) in [5.41, 5.74) is 3.61. The molecule has 440 valence electrons. The average molecular weight is 1070 g/mol. The molecule has 0 radical (unpaired) electrons. The van der Waals surface area contributed by atoms with E-state index in [0.29, 0.717) is 17.9 Å². The molecule has 0 heterocycles. The monoisotopic (exact) mass is 1060 g/mol. The normalized spacial score (nSPS) is 26.9. The summed E-state index contributed by atoms with van der Waals surface area (Å²) in [7, 11) is 1.78. The number of aliphatic hydroxyl groups is 1. The van der Waals surface area contributed by atoms with Crippen LogP contribution in [-0.2, 0) is 4.74 Å². The third-order valence-corrected chi connectivity index (χ3v) is 17.2. The maximum absolute atomic E-state index is 9.30. The molecule has 0 aromatic heterocycles. The van der Waals surface area contributed by atoms with E-state index in [2.05, 4.69) is 115 Å². The second-order valence-corrected chi connectivity index (χ2v) is 24.1. The third kappa shape index (κ3) is 34.1. The second kappa shape index (κ2) is 45.0. The van der Waals surface area contributed by atoms with Crippen LogP contribution in [0.25, 0.3) is 6.08 Å². The minimum absolute atomic E-state index is 0.0105. The van der Waals surface area contributed by atoms with Gasteiger partial charge in [-0.1, -0.05) is 214 Å². The average Bonchev–Trinajstić information content (AvgIpc) is 3.44. The highest BCUT2D eigenvalue weighted by molar-refractivity contribution is 5.61. The zero-order valence-corrected chi connectivity index (χ0v) is 52.5. The van der Waals surface area contributed by atoms with Crippen LogP contribution in [0.1, 0.15) is 248 Å². The van der Waals surface area contributed by atoms with Gasteiger partial charge in [-0.25, -0.2) is 0 Å². The molecule has 0 amide bonds. The smallest absolute Gasteiger partial charge is 0.134 e. The number of rotatable bonds is 14. The van der Waals surface area contributed by atoms with Crippen LogP contribution < -0.4 is 9.47 Å². The first-order chi connectivity index (χ1) is 37.0. The summed E-state index contributed by atoms with van der Waals surface area (Å²) in [4.78, 5) is 0. The maximum Gasteiger partial charge on any atom is 0.134 e. The number of hydrogen-bond acceptors (Lipinski definition) is 4. The van der Waals surface area contributed by atoms with Crippen molar-refractivity contribution in [2.45, 2.75) is 249 Å². The summed E-state index contributed by atoms with van der Waals surface area (Å²) in [6.45, 7) is 54.4. The van der Waals surface area contributed by atoms with Crippen LogP contribution >= 0.6 is 0 Å². The molecule has 7 rings (SSSR count). The van der Waals surface area contributed by atoms with Crippen LogP contribution in [-0.4, -0.2) is 18.3 Å². The van der Waals surface area contributed by atoms with E-state index >= 15 is 0 Å². The SMILES string of the molecule is C=C.C=C.C=C(C)CC1CCC(C(=C)C)CC1.C=C(O)/C=C/C=C/c1cc(OC(=C)C2CCC(C)CC2)ccc1OC(=C)C1CCC(OC)CC1.CC.CC1CCC(C)CC1.CC1CCCCC1.CCC1CCC(C)CC1. The van der Waals surface area contributed by atoms with Crippen molar-refractivity contribution in [1.29, 1.82) is 0 Å². The molecule has 0 saturated heterocycles. The summed E-state index contributed by atoms with van der Waals surface area (Å²) in [5, 5.41) is 9.30. The van der Waals surface area contributed by atoms with Crippen LogP contribution in [0, 0.1) is 59.2 Å². The Hall–Kier alpha value is -3.76. The molecular formula is C73H124O4. The van der Waals surface area contributed by atoms with E-state index in [0.717, 1.165) is 114 Å². The lowest BCUT2D eigenvalue weighted by Gasteiger charge is -2.29. The van der Waals surface area contributed by atoms with Gasteiger partial charge in [0.25, 0.3) is 0 Å². The first-order valence-corrected chi connectivity index (χ1v) is 31.4. The molecular weight excluding hydrogens is 941 g/mol. The van der Waals surface area contributed by atoms with Gasteiger partial charge in [0.2, 0.25) is 0 Å². The Morgan fingerprint density at radius 2 is 0.948 bits per heavy atom. The molecule has 6 saturated carbocycles. The summed E-state index contributed by atoms with van der Waals surface area (Å²) in [6, 6.07) is 5.84. The van der Waals surface area contributed by atoms with Crippen molar-refractivity contribution in [3.8, 4) is 11.5 Å². The van der Waals surface area contributed by atoms with Gasteiger partial charge in [0.1, 0.15) is 23.0 Å². The maximum atomic E-state index is 9.30. The van der Waals surface area contributed by atoms with E-state index in [-0.39, 0.29) is 5.76 Å². The molecule has 6 aliphatic rings. The van der Waals surface area contributed by atoms with Gasteiger partial charge in [-0.3, -0.25) is 0 Å². The molecule has 1 aromatic rings. The molecule has 1 N–H and O–H groups in total. The minimum atomic E-state index is 0.0105. The summed E-state index contributed by atoms with van der Waals surface area (Å²) in [5.74, 6) is 11.5. The van der Waals surface area contributed by atoms with E-state index in [4.69, 9.17) is 14.2 Å². The number of ether oxygens (including phenoxy) is 3. The second-order valence-electron chi connectivity index (χ2n) is 24.1. The quantitative estimate of drug-likeness (QED) is 0.115. The van der Waals surface area contributed by atoms with E-state index in [1.165, 1.54) is 152 Å². The molecule has 0 spiro atoms. The van der Waals surface area contributed by atoms with Crippen LogP contribution in [0.4, 0.5) is 0 Å². The van der Waals surface area contributed by atoms with Crippen LogP contribution in [0.5, 0.6) is 11.5 Å². The molecule has 0 bridgehead atoms. The van der Waals surface area contributed by atoms with Crippen molar-refractivity contribution >= 4 is 6.08 Å². The Bertz CT molecular complexity index is 1740. The Morgan fingerprint density at radius 3 is 1.36 bits per heavy atom. The topological polar surface area (TPSA) is 47.9 Å². The number of benzene rings is 1. The van der Waals surface area contributed by atoms with Crippen LogP contribution in [0.15, 0.2) is 124 Å². The lowest BCUT2D eigenvalue weighted by Crippen LogP contribution is -2.22. The highest BCUT2D eigenvalue weighted by atomic mass is 16.5. The minimum Gasteiger partial charge on any atom is -0.509 e. The lowest BCUT2D eigenvalue weighted by atomic mass is 9.77. The summed E-state index contributed by atoms with van der Waals surface area (Å²) >= 11 is 0. The van der Waals surface area contributed by atoms with Crippen molar-refractivity contribution in [3.05, 3.63) is 130 Å². The van der Waals surface area contributed by atoms with Crippen molar-refractivity contribution in [3.63, 3.8) is 0 Å². The van der Waals surface area contributed by atoms with E-state index in [1.807, 2.05) is 44.2 Å². The standard InChI is InChI=1S/C30H40O4.C13H22.C9H18.C8H16.C7H14.C2H6.2C2H4/c1-21-10-12-25(13-11-21)23(3)33-29-18-19-30(27(20-29)9-7-6-8-22(2)31)34-24(4)26-14-16-28(32-5)17-15-26;1-10(2)9-12-5-7-13(8-6-12)11(3)4;1-3-9-6-4-8(2)5-7-9;1-7-3-5-8(2)6-4-7;1-7-5-3-2-4-6-7;3*1-2/h6-9,18-21,25-26,28,31H,2-4,10-17H2,1,5H3;12-13H,1,3,5-9H2,2,4H3;8-9H,3-7H2,1-2H3;7-8H,3-6H2,1-2H3;7H,2-6H2,1H3;1-2H3;2*1-2H2/b8-6+,9-7+;;;;;;;. The summed E-state index contributed by atoms with van der Waals surface area (Å²) < 4.78 is 17.9. The molecule has 0 aliphatic heterocycles. The molecule has 4 heteroatoms.